The van der Waals surface area contributed by atoms with Crippen LogP contribution in [0, 0.1) is 0 Å². The molecular formula is C14H10F3NO4S. The van der Waals surface area contributed by atoms with Gasteiger partial charge in [0.15, 0.2) is 9.84 Å². The summed E-state index contributed by atoms with van der Waals surface area (Å²) in [6, 6.07) is 5.66. The van der Waals surface area contributed by atoms with Crippen LogP contribution in [0.2, 0.25) is 0 Å². The number of hydrogen-bond acceptors (Lipinski definition) is 4. The number of alkyl halides is 3. The number of benzene rings is 1. The lowest BCUT2D eigenvalue weighted by atomic mass is 10.0. The topological polar surface area (TPSA) is 84.3 Å². The third-order valence-corrected chi connectivity index (χ3v) is 4.09. The predicted molar refractivity (Wildman–Crippen MR) is 74.7 cm³/mol. The van der Waals surface area contributed by atoms with Crippen molar-refractivity contribution >= 4 is 15.8 Å². The lowest BCUT2D eigenvalue weighted by molar-refractivity contribution is -0.137. The van der Waals surface area contributed by atoms with E-state index >= 15 is 0 Å². The Balaban J connectivity index is 2.67. The molecule has 1 heterocycles. The molecule has 0 amide bonds. The van der Waals surface area contributed by atoms with Crippen molar-refractivity contribution in [3.05, 3.63) is 47.7 Å². The molecule has 0 aliphatic rings. The highest BCUT2D eigenvalue weighted by atomic mass is 32.2. The first-order chi connectivity index (χ1) is 10.5. The number of carboxylic acid groups (broad SMARTS) is 1. The number of aromatic carboxylic acids is 1. The van der Waals surface area contributed by atoms with E-state index in [1.54, 1.807) is 0 Å². The summed E-state index contributed by atoms with van der Waals surface area (Å²) in [4.78, 5) is 14.7. The number of pyridine rings is 1. The third kappa shape index (κ3) is 3.67. The van der Waals surface area contributed by atoms with Gasteiger partial charge in [0.25, 0.3) is 0 Å². The lowest BCUT2D eigenvalue weighted by Gasteiger charge is -2.11. The molecule has 0 fully saturated rings. The second-order valence-electron chi connectivity index (χ2n) is 4.72. The van der Waals surface area contributed by atoms with Gasteiger partial charge in [-0.15, -0.1) is 0 Å². The second kappa shape index (κ2) is 5.65. The maximum atomic E-state index is 12.7. The molecule has 1 N–H and O–H groups in total. The molecule has 0 radical (unpaired) electrons. The van der Waals surface area contributed by atoms with E-state index in [0.29, 0.717) is 12.3 Å². The smallest absolute Gasteiger partial charge is 0.417 e. The Morgan fingerprint density at radius 1 is 1.22 bits per heavy atom. The normalized spacial score (nSPS) is 12.2. The predicted octanol–water partition coefficient (Wildman–Crippen LogP) is 2.87. The number of nitrogens with zero attached hydrogens (tertiary/aromatic N) is 1. The van der Waals surface area contributed by atoms with Gasteiger partial charge in [0, 0.05) is 18.0 Å². The highest BCUT2D eigenvalue weighted by Gasteiger charge is 2.32. The molecule has 1 aromatic heterocycles. The average molecular weight is 345 g/mol. The molecule has 0 spiro atoms. The average Bonchev–Trinajstić information content (AvgIpc) is 2.45. The van der Waals surface area contributed by atoms with Crippen LogP contribution in [0.3, 0.4) is 0 Å². The summed E-state index contributed by atoms with van der Waals surface area (Å²) in [6.45, 7) is 0. The van der Waals surface area contributed by atoms with Crippen molar-refractivity contribution in [2.75, 3.05) is 6.26 Å². The fourth-order valence-electron chi connectivity index (χ4n) is 1.89. The first-order valence-corrected chi connectivity index (χ1v) is 8.00. The molecule has 0 aliphatic heterocycles. The van der Waals surface area contributed by atoms with Gasteiger partial charge in [0.2, 0.25) is 0 Å². The first kappa shape index (κ1) is 16.9. The standard InChI is InChI=1S/C14H10F3NO4S/c1-23(21,22)10-4-2-3-8(5-10)12-11(13(19)20)6-9(7-18-12)14(15,16)17/h2-7H,1H3,(H,19,20). The Kier molecular flexibility index (Phi) is 4.16. The molecule has 0 bridgehead atoms. The number of halogens is 3. The summed E-state index contributed by atoms with van der Waals surface area (Å²) >= 11 is 0. The van der Waals surface area contributed by atoms with E-state index in [1.807, 2.05) is 0 Å². The molecule has 122 valence electrons. The van der Waals surface area contributed by atoms with E-state index in [-0.39, 0.29) is 16.2 Å². The van der Waals surface area contributed by atoms with Gasteiger partial charge >= 0.3 is 12.1 Å². The van der Waals surface area contributed by atoms with E-state index in [2.05, 4.69) is 4.98 Å². The fourth-order valence-corrected chi connectivity index (χ4v) is 2.55. The number of rotatable bonds is 3. The van der Waals surface area contributed by atoms with Crippen molar-refractivity contribution in [2.45, 2.75) is 11.1 Å². The largest absolute Gasteiger partial charge is 0.478 e. The molecule has 9 heteroatoms. The van der Waals surface area contributed by atoms with Crippen LogP contribution in [0.4, 0.5) is 13.2 Å². The van der Waals surface area contributed by atoms with Crippen molar-refractivity contribution in [3.8, 4) is 11.3 Å². The van der Waals surface area contributed by atoms with Crippen LogP contribution in [-0.2, 0) is 16.0 Å². The molecule has 2 rings (SSSR count). The minimum Gasteiger partial charge on any atom is -0.478 e. The zero-order valence-corrected chi connectivity index (χ0v) is 12.4. The SMILES string of the molecule is CS(=O)(=O)c1cccc(-c2ncc(C(F)(F)F)cc2C(=O)O)c1. The highest BCUT2D eigenvalue weighted by Crippen LogP contribution is 2.32. The Bertz CT molecular complexity index is 876. The lowest BCUT2D eigenvalue weighted by Crippen LogP contribution is -2.10. The van der Waals surface area contributed by atoms with Gasteiger partial charge < -0.3 is 5.11 Å². The summed E-state index contributed by atoms with van der Waals surface area (Å²) in [5.41, 5.74) is -2.00. The van der Waals surface area contributed by atoms with Gasteiger partial charge in [-0.25, -0.2) is 13.2 Å². The zero-order chi connectivity index (χ0) is 17.4. The highest BCUT2D eigenvalue weighted by molar-refractivity contribution is 7.90. The summed E-state index contributed by atoms with van der Waals surface area (Å²) in [6.07, 6.45) is -3.26. The Morgan fingerprint density at radius 3 is 2.39 bits per heavy atom. The third-order valence-electron chi connectivity index (χ3n) is 2.98. The van der Waals surface area contributed by atoms with Crippen LogP contribution >= 0.6 is 0 Å². The fraction of sp³-hybridized carbons (Fsp3) is 0.143. The molecule has 0 atom stereocenters. The zero-order valence-electron chi connectivity index (χ0n) is 11.6. The molecule has 0 saturated carbocycles. The van der Waals surface area contributed by atoms with Crippen LogP contribution in [-0.4, -0.2) is 30.7 Å². The summed E-state index contributed by atoms with van der Waals surface area (Å²) in [5.74, 6) is -1.59. The molecule has 2 aromatic rings. The van der Waals surface area contributed by atoms with Crippen LogP contribution in [0.25, 0.3) is 11.3 Å². The second-order valence-corrected chi connectivity index (χ2v) is 6.74. The maximum Gasteiger partial charge on any atom is 0.417 e. The number of sulfone groups is 1. The van der Waals surface area contributed by atoms with Crippen LogP contribution in [0.15, 0.2) is 41.4 Å². The monoisotopic (exact) mass is 345 g/mol. The van der Waals surface area contributed by atoms with E-state index in [1.165, 1.54) is 18.2 Å². The van der Waals surface area contributed by atoms with Crippen LogP contribution in [0.1, 0.15) is 15.9 Å². The molecule has 0 saturated heterocycles. The van der Waals surface area contributed by atoms with Crippen molar-refractivity contribution in [2.24, 2.45) is 0 Å². The van der Waals surface area contributed by atoms with E-state index in [4.69, 9.17) is 5.11 Å². The quantitative estimate of drug-likeness (QED) is 0.925. The molecule has 0 unspecified atom stereocenters. The van der Waals surface area contributed by atoms with Crippen molar-refractivity contribution in [1.29, 1.82) is 0 Å². The Labute approximate surface area is 129 Å². The van der Waals surface area contributed by atoms with Gasteiger partial charge in [0.05, 0.1) is 21.7 Å². The van der Waals surface area contributed by atoms with E-state index in [9.17, 15) is 26.4 Å². The number of hydrogen-bond donors (Lipinski definition) is 1. The van der Waals surface area contributed by atoms with Crippen LogP contribution in [0.5, 0.6) is 0 Å². The number of aromatic nitrogens is 1. The minimum absolute atomic E-state index is 0.0898. The molecule has 5 nitrogen and oxygen atoms in total. The molecule has 0 aliphatic carbocycles. The molecule has 1 aromatic carbocycles. The van der Waals surface area contributed by atoms with Crippen molar-refractivity contribution in [3.63, 3.8) is 0 Å². The maximum absolute atomic E-state index is 12.7. The number of carboxylic acids is 1. The van der Waals surface area contributed by atoms with Gasteiger partial charge in [-0.3, -0.25) is 4.98 Å². The van der Waals surface area contributed by atoms with Gasteiger partial charge in [-0.05, 0) is 18.2 Å². The van der Waals surface area contributed by atoms with Crippen LogP contribution < -0.4 is 0 Å². The van der Waals surface area contributed by atoms with Crippen molar-refractivity contribution in [1.82, 2.24) is 4.98 Å². The summed E-state index contributed by atoms with van der Waals surface area (Å²) < 4.78 is 61.1. The van der Waals surface area contributed by atoms with E-state index in [0.717, 1.165) is 12.3 Å². The van der Waals surface area contributed by atoms with Crippen molar-refractivity contribution < 1.29 is 31.5 Å². The summed E-state index contributed by atoms with van der Waals surface area (Å²) in [5, 5.41) is 9.12. The Morgan fingerprint density at radius 2 is 1.87 bits per heavy atom. The van der Waals surface area contributed by atoms with Gasteiger partial charge in [-0.1, -0.05) is 12.1 Å². The molecular weight excluding hydrogens is 335 g/mol. The first-order valence-electron chi connectivity index (χ1n) is 6.11. The summed E-state index contributed by atoms with van der Waals surface area (Å²) in [7, 11) is -3.55. The van der Waals surface area contributed by atoms with Gasteiger partial charge in [-0.2, -0.15) is 13.2 Å². The van der Waals surface area contributed by atoms with E-state index < -0.39 is 33.1 Å². The van der Waals surface area contributed by atoms with Gasteiger partial charge in [0.1, 0.15) is 0 Å². The molecule has 23 heavy (non-hydrogen) atoms. The minimum atomic E-state index is -4.73. The Hall–Kier alpha value is -2.42. The number of carbonyl (C=O) groups is 1.